The number of esters is 2. The van der Waals surface area contributed by atoms with Crippen molar-refractivity contribution in [2.45, 2.75) is 64.4 Å². The largest absolute Gasteiger partial charge is 0.497 e. The molecule has 0 radical (unpaired) electrons. The highest BCUT2D eigenvalue weighted by Crippen LogP contribution is 2.46. The van der Waals surface area contributed by atoms with Gasteiger partial charge in [0, 0.05) is 22.9 Å². The van der Waals surface area contributed by atoms with Gasteiger partial charge in [-0.3, -0.25) is 9.59 Å². The number of hydrogen-bond donors (Lipinski definition) is 1. The fraction of sp³-hybridized carbons (Fsp3) is 0.519. The zero-order valence-corrected chi connectivity index (χ0v) is 20.3. The average Bonchev–Trinajstić information content (AvgIpc) is 2.83. The van der Waals surface area contributed by atoms with Gasteiger partial charge < -0.3 is 19.5 Å². The highest BCUT2D eigenvalue weighted by molar-refractivity contribution is 6.12. The van der Waals surface area contributed by atoms with Gasteiger partial charge in [0.25, 0.3) is 0 Å². The molecule has 34 heavy (non-hydrogen) atoms. The molecule has 4 rings (SSSR count). The second-order valence-corrected chi connectivity index (χ2v) is 9.47. The summed E-state index contributed by atoms with van der Waals surface area (Å²) in [6.07, 6.45) is 5.35. The molecule has 182 valence electrons. The average molecular weight is 468 g/mol. The van der Waals surface area contributed by atoms with Crippen LogP contribution < -0.4 is 10.1 Å². The predicted octanol–water partition coefficient (Wildman–Crippen LogP) is 4.18. The fourth-order valence-electron chi connectivity index (χ4n) is 5.48. The van der Waals surface area contributed by atoms with E-state index in [4.69, 9.17) is 14.2 Å². The van der Waals surface area contributed by atoms with E-state index in [1.165, 1.54) is 7.11 Å². The number of methoxy groups -OCH3 is 2. The molecule has 0 aromatic heterocycles. The maximum Gasteiger partial charge on any atom is 0.337 e. The van der Waals surface area contributed by atoms with E-state index in [-0.39, 0.29) is 17.8 Å². The number of Topliss-reactive ketones (excluding diaryl/α,β-unsaturated/α-hetero) is 1. The Balaban J connectivity index is 1.77. The normalized spacial score (nSPS) is 25.4. The summed E-state index contributed by atoms with van der Waals surface area (Å²) in [5.74, 6) is -2.34. The predicted molar refractivity (Wildman–Crippen MR) is 126 cm³/mol. The van der Waals surface area contributed by atoms with Crippen molar-refractivity contribution in [2.75, 3.05) is 14.2 Å². The fourth-order valence-corrected chi connectivity index (χ4v) is 5.48. The lowest BCUT2D eigenvalue weighted by Gasteiger charge is -2.38. The van der Waals surface area contributed by atoms with Gasteiger partial charge in [-0.05, 0) is 62.6 Å². The van der Waals surface area contributed by atoms with E-state index in [0.717, 1.165) is 43.4 Å². The summed E-state index contributed by atoms with van der Waals surface area (Å²) in [7, 11) is 2.88. The van der Waals surface area contributed by atoms with Crippen molar-refractivity contribution in [3.8, 4) is 5.75 Å². The van der Waals surface area contributed by atoms with Gasteiger partial charge in [0.2, 0.25) is 0 Å². The van der Waals surface area contributed by atoms with Crippen LogP contribution >= 0.6 is 0 Å². The third-order valence-corrected chi connectivity index (χ3v) is 7.24. The number of benzene rings is 1. The molecule has 0 saturated heterocycles. The van der Waals surface area contributed by atoms with Gasteiger partial charge in [0.15, 0.2) is 5.78 Å². The quantitative estimate of drug-likeness (QED) is 0.513. The summed E-state index contributed by atoms with van der Waals surface area (Å²) in [4.78, 5) is 39.8. The maximum absolute atomic E-state index is 13.7. The summed E-state index contributed by atoms with van der Waals surface area (Å²) in [6.45, 7) is 3.72. The first-order valence-corrected chi connectivity index (χ1v) is 12.0. The monoisotopic (exact) mass is 467 g/mol. The SMILES string of the molecule is COC(=O)[C@@H]1C(=O)C2=C(C[C@H]1C)NC(C)=C(C(=O)OC1CCCCC1)[C@H]2c1ccc(OC)cc1. The molecule has 0 bridgehead atoms. The molecule has 1 aliphatic heterocycles. The first-order chi connectivity index (χ1) is 16.3. The Morgan fingerprint density at radius 3 is 2.32 bits per heavy atom. The highest BCUT2D eigenvalue weighted by atomic mass is 16.5. The van der Waals surface area contributed by atoms with Gasteiger partial charge in [-0.25, -0.2) is 4.79 Å². The Labute approximate surface area is 200 Å². The van der Waals surface area contributed by atoms with Crippen LogP contribution in [0.25, 0.3) is 0 Å². The Bertz CT molecular complexity index is 1030. The molecule has 1 saturated carbocycles. The number of allylic oxidation sites excluding steroid dienone is 3. The first-order valence-electron chi connectivity index (χ1n) is 12.0. The third-order valence-electron chi connectivity index (χ3n) is 7.24. The number of carbonyl (C=O) groups excluding carboxylic acids is 3. The number of hydrogen-bond acceptors (Lipinski definition) is 7. The molecular weight excluding hydrogens is 434 g/mol. The summed E-state index contributed by atoms with van der Waals surface area (Å²) in [6, 6.07) is 7.34. The molecule has 0 unspecified atom stereocenters. The molecular formula is C27H33NO6. The number of nitrogens with one attached hydrogen (secondary N) is 1. The van der Waals surface area contributed by atoms with Gasteiger partial charge >= 0.3 is 11.9 Å². The molecule has 7 nitrogen and oxygen atoms in total. The van der Waals surface area contributed by atoms with Crippen molar-refractivity contribution in [2.24, 2.45) is 11.8 Å². The number of carbonyl (C=O) groups is 3. The lowest BCUT2D eigenvalue weighted by Crippen LogP contribution is -2.43. The van der Waals surface area contributed by atoms with Crippen molar-refractivity contribution in [3.63, 3.8) is 0 Å². The zero-order valence-electron chi connectivity index (χ0n) is 20.3. The molecule has 1 heterocycles. The van der Waals surface area contributed by atoms with Crippen molar-refractivity contribution in [1.29, 1.82) is 0 Å². The standard InChI is InChI=1S/C27H33NO6/c1-15-14-20-24(25(29)21(15)26(30)33-4)23(17-10-12-18(32-3)13-11-17)22(16(2)28-20)27(31)34-19-8-6-5-7-9-19/h10-13,15,19,21,23,28H,5-9,14H2,1-4H3/t15-,21+,23-/m1/s1. The summed E-state index contributed by atoms with van der Waals surface area (Å²) in [5.41, 5.74) is 3.07. The van der Waals surface area contributed by atoms with Crippen LogP contribution in [0.15, 0.2) is 46.8 Å². The first kappa shape index (κ1) is 24.0. The van der Waals surface area contributed by atoms with Crippen LogP contribution in [-0.4, -0.2) is 38.0 Å². The summed E-state index contributed by atoms with van der Waals surface area (Å²) in [5, 5.41) is 3.31. The zero-order chi connectivity index (χ0) is 24.4. The molecule has 1 aromatic carbocycles. The van der Waals surface area contributed by atoms with Crippen molar-refractivity contribution in [1.82, 2.24) is 5.32 Å². The second-order valence-electron chi connectivity index (χ2n) is 9.47. The minimum atomic E-state index is -0.902. The molecule has 1 fully saturated rings. The molecule has 0 amide bonds. The van der Waals surface area contributed by atoms with E-state index in [2.05, 4.69) is 5.32 Å². The smallest absolute Gasteiger partial charge is 0.337 e. The number of ketones is 1. The minimum absolute atomic E-state index is 0.113. The lowest BCUT2D eigenvalue weighted by atomic mass is 9.69. The van der Waals surface area contributed by atoms with E-state index in [1.807, 2.05) is 38.1 Å². The lowest BCUT2D eigenvalue weighted by molar-refractivity contribution is -0.151. The van der Waals surface area contributed by atoms with Crippen LogP contribution in [0.1, 0.15) is 63.9 Å². The van der Waals surface area contributed by atoms with E-state index < -0.39 is 23.8 Å². The third kappa shape index (κ3) is 4.48. The topological polar surface area (TPSA) is 90.9 Å². The van der Waals surface area contributed by atoms with Crippen LogP contribution in [0.2, 0.25) is 0 Å². The van der Waals surface area contributed by atoms with Crippen LogP contribution in [0.5, 0.6) is 5.75 Å². The summed E-state index contributed by atoms with van der Waals surface area (Å²) < 4.78 is 16.2. The summed E-state index contributed by atoms with van der Waals surface area (Å²) >= 11 is 0. The molecule has 2 aliphatic carbocycles. The maximum atomic E-state index is 13.7. The molecule has 7 heteroatoms. The Kier molecular flexibility index (Phi) is 7.10. The molecule has 3 aliphatic rings. The molecule has 3 atom stereocenters. The van der Waals surface area contributed by atoms with Crippen molar-refractivity contribution >= 4 is 17.7 Å². The Morgan fingerprint density at radius 2 is 1.71 bits per heavy atom. The van der Waals surface area contributed by atoms with Crippen LogP contribution in [0.3, 0.4) is 0 Å². The van der Waals surface area contributed by atoms with E-state index >= 15 is 0 Å². The Hall–Kier alpha value is -3.09. The van der Waals surface area contributed by atoms with Crippen molar-refractivity contribution in [3.05, 3.63) is 52.4 Å². The number of rotatable bonds is 5. The highest BCUT2D eigenvalue weighted by Gasteiger charge is 2.47. The van der Waals surface area contributed by atoms with Gasteiger partial charge in [0.1, 0.15) is 17.8 Å². The van der Waals surface area contributed by atoms with Gasteiger partial charge in [0.05, 0.1) is 19.8 Å². The van der Waals surface area contributed by atoms with E-state index in [1.54, 1.807) is 7.11 Å². The van der Waals surface area contributed by atoms with Gasteiger partial charge in [-0.15, -0.1) is 0 Å². The van der Waals surface area contributed by atoms with E-state index in [0.29, 0.717) is 29.0 Å². The van der Waals surface area contributed by atoms with E-state index in [9.17, 15) is 14.4 Å². The minimum Gasteiger partial charge on any atom is -0.497 e. The van der Waals surface area contributed by atoms with Crippen LogP contribution in [-0.2, 0) is 23.9 Å². The van der Waals surface area contributed by atoms with Crippen LogP contribution in [0.4, 0.5) is 0 Å². The number of ether oxygens (including phenoxy) is 3. The van der Waals surface area contributed by atoms with Crippen LogP contribution in [0, 0.1) is 11.8 Å². The van der Waals surface area contributed by atoms with Gasteiger partial charge in [-0.2, -0.15) is 0 Å². The molecule has 0 spiro atoms. The second kappa shape index (κ2) is 10.0. The molecule has 1 N–H and O–H groups in total. The van der Waals surface area contributed by atoms with Gasteiger partial charge in [-0.1, -0.05) is 25.5 Å². The Morgan fingerprint density at radius 1 is 1.03 bits per heavy atom. The van der Waals surface area contributed by atoms with Crippen molar-refractivity contribution < 1.29 is 28.6 Å². The molecule has 1 aromatic rings. The number of dihydropyridines is 1.